The lowest BCUT2D eigenvalue weighted by Gasteiger charge is -2.29. The molecule has 0 saturated heterocycles. The molecule has 0 spiro atoms. The first-order chi connectivity index (χ1) is 11.2. The van der Waals surface area contributed by atoms with Crippen LogP contribution < -0.4 is 4.90 Å². The number of aromatic nitrogens is 1. The highest BCUT2D eigenvalue weighted by Crippen LogP contribution is 2.26. The number of fused-ring (bicyclic) bond motifs is 1. The van der Waals surface area contributed by atoms with Gasteiger partial charge in [0, 0.05) is 28.4 Å². The van der Waals surface area contributed by atoms with Gasteiger partial charge in [-0.15, -0.1) is 11.3 Å². The minimum Gasteiger partial charge on any atom is -0.311 e. The summed E-state index contributed by atoms with van der Waals surface area (Å²) in [5.41, 5.74) is 3.00. The molecule has 6 heteroatoms. The minimum atomic E-state index is -1.22. The van der Waals surface area contributed by atoms with Gasteiger partial charge in [0.15, 0.2) is 0 Å². The highest BCUT2D eigenvalue weighted by Gasteiger charge is 2.23. The number of hydrogen-bond acceptors (Lipinski definition) is 4. The molecule has 23 heavy (non-hydrogen) atoms. The van der Waals surface area contributed by atoms with Crippen molar-refractivity contribution in [2.45, 2.75) is 31.9 Å². The predicted molar refractivity (Wildman–Crippen MR) is 95.3 cm³/mol. The van der Waals surface area contributed by atoms with Crippen molar-refractivity contribution >= 4 is 33.7 Å². The van der Waals surface area contributed by atoms with Crippen LogP contribution in [0.2, 0.25) is 0 Å². The Labute approximate surface area is 143 Å². The van der Waals surface area contributed by atoms with Gasteiger partial charge in [-0.05, 0) is 30.9 Å². The summed E-state index contributed by atoms with van der Waals surface area (Å²) >= 11 is 1.59. The SMILES string of the molecule is CCc1nc(C[S@@](=O)CC(=O)N2CCCc3ccccc32)cs1. The highest BCUT2D eigenvalue weighted by molar-refractivity contribution is 7.85. The van der Waals surface area contributed by atoms with Crippen LogP contribution in [0.3, 0.4) is 0 Å². The minimum absolute atomic E-state index is 0.0542. The molecule has 0 unspecified atom stereocenters. The number of para-hydroxylation sites is 1. The lowest BCUT2D eigenvalue weighted by atomic mass is 10.0. The number of carbonyl (C=O) groups is 1. The summed E-state index contributed by atoms with van der Waals surface area (Å²) in [5, 5.41) is 2.99. The van der Waals surface area contributed by atoms with Crippen molar-refractivity contribution in [3.05, 3.63) is 45.9 Å². The molecular formula is C17H20N2O2S2. The summed E-state index contributed by atoms with van der Waals surface area (Å²) in [6, 6.07) is 7.98. The van der Waals surface area contributed by atoms with Crippen LogP contribution in [-0.4, -0.2) is 27.4 Å². The molecule has 4 nitrogen and oxygen atoms in total. The first-order valence-electron chi connectivity index (χ1n) is 7.84. The first kappa shape index (κ1) is 16.3. The third-order valence-corrected chi connectivity index (χ3v) is 6.14. The zero-order chi connectivity index (χ0) is 16.2. The van der Waals surface area contributed by atoms with Gasteiger partial charge in [-0.3, -0.25) is 9.00 Å². The van der Waals surface area contributed by atoms with E-state index in [1.165, 1.54) is 5.56 Å². The van der Waals surface area contributed by atoms with Gasteiger partial charge in [-0.2, -0.15) is 0 Å². The quantitative estimate of drug-likeness (QED) is 0.835. The normalized spacial score (nSPS) is 15.3. The number of aryl methyl sites for hydroxylation is 2. The van der Waals surface area contributed by atoms with E-state index in [1.807, 2.05) is 23.6 Å². The molecule has 1 aromatic carbocycles. The molecule has 0 saturated carbocycles. The van der Waals surface area contributed by atoms with E-state index in [2.05, 4.69) is 18.0 Å². The van der Waals surface area contributed by atoms with Gasteiger partial charge in [0.25, 0.3) is 0 Å². The zero-order valence-corrected chi connectivity index (χ0v) is 14.8. The van der Waals surface area contributed by atoms with E-state index in [4.69, 9.17) is 0 Å². The molecule has 0 N–H and O–H groups in total. The van der Waals surface area contributed by atoms with Crippen LogP contribution in [0.25, 0.3) is 0 Å². The summed E-state index contributed by atoms with van der Waals surface area (Å²) in [4.78, 5) is 18.7. The molecule has 1 amide bonds. The van der Waals surface area contributed by atoms with Crippen LogP contribution in [0.1, 0.15) is 29.6 Å². The molecule has 0 bridgehead atoms. The Hall–Kier alpha value is -1.53. The molecular weight excluding hydrogens is 328 g/mol. The first-order valence-corrected chi connectivity index (χ1v) is 10.2. The highest BCUT2D eigenvalue weighted by atomic mass is 32.2. The Morgan fingerprint density at radius 1 is 1.39 bits per heavy atom. The van der Waals surface area contributed by atoms with Crippen LogP contribution in [-0.2, 0) is 34.2 Å². The van der Waals surface area contributed by atoms with Crippen LogP contribution >= 0.6 is 11.3 Å². The fourth-order valence-corrected chi connectivity index (χ4v) is 4.66. The van der Waals surface area contributed by atoms with Gasteiger partial charge in [0.1, 0.15) is 5.75 Å². The molecule has 0 fully saturated rings. The average molecular weight is 348 g/mol. The van der Waals surface area contributed by atoms with Crippen LogP contribution in [0, 0.1) is 0 Å². The molecule has 122 valence electrons. The molecule has 0 aliphatic carbocycles. The number of rotatable bonds is 5. The standard InChI is InChI=1S/C17H20N2O2S2/c1-2-16-18-14(10-22-16)11-23(21)12-17(20)19-9-5-7-13-6-3-4-8-15(13)19/h3-4,6,8,10H,2,5,7,9,11-12H2,1H3/t23-/m1/s1. The summed E-state index contributed by atoms with van der Waals surface area (Å²) in [6.45, 7) is 2.76. The van der Waals surface area contributed by atoms with Crippen molar-refractivity contribution in [2.75, 3.05) is 17.2 Å². The summed E-state index contributed by atoms with van der Waals surface area (Å²) in [5.74, 6) is 0.367. The van der Waals surface area contributed by atoms with Gasteiger partial charge in [0.2, 0.25) is 5.91 Å². The Morgan fingerprint density at radius 3 is 3.00 bits per heavy atom. The summed E-state index contributed by atoms with van der Waals surface area (Å²) in [6.07, 6.45) is 2.85. The van der Waals surface area contributed by atoms with E-state index in [1.54, 1.807) is 16.2 Å². The van der Waals surface area contributed by atoms with Gasteiger partial charge in [0.05, 0.1) is 16.5 Å². The Balaban J connectivity index is 1.64. The molecule has 1 atom stereocenters. The number of benzene rings is 1. The molecule has 1 aromatic heterocycles. The van der Waals surface area contributed by atoms with E-state index in [9.17, 15) is 9.00 Å². The van der Waals surface area contributed by atoms with Gasteiger partial charge >= 0.3 is 0 Å². The van der Waals surface area contributed by atoms with Crippen molar-refractivity contribution in [1.29, 1.82) is 0 Å². The van der Waals surface area contributed by atoms with Crippen LogP contribution in [0.15, 0.2) is 29.6 Å². The molecule has 1 aliphatic heterocycles. The number of amides is 1. The lowest BCUT2D eigenvalue weighted by Crippen LogP contribution is -2.38. The second-order valence-corrected chi connectivity index (χ2v) is 7.99. The molecule has 3 rings (SSSR count). The summed E-state index contributed by atoms with van der Waals surface area (Å²) < 4.78 is 12.3. The molecule has 2 heterocycles. The molecule has 2 aromatic rings. The Bertz CT molecular complexity index is 727. The second kappa shape index (κ2) is 7.36. The maximum Gasteiger partial charge on any atom is 0.239 e. The van der Waals surface area contributed by atoms with E-state index in [-0.39, 0.29) is 11.7 Å². The number of anilines is 1. The van der Waals surface area contributed by atoms with Crippen molar-refractivity contribution < 1.29 is 9.00 Å². The third-order valence-electron chi connectivity index (χ3n) is 3.91. The van der Waals surface area contributed by atoms with Gasteiger partial charge < -0.3 is 4.90 Å². The second-order valence-electron chi connectivity index (χ2n) is 5.59. The maximum absolute atomic E-state index is 12.5. The lowest BCUT2D eigenvalue weighted by molar-refractivity contribution is -0.116. The monoisotopic (exact) mass is 348 g/mol. The number of thiazole rings is 1. The fraction of sp³-hybridized carbons (Fsp3) is 0.412. The largest absolute Gasteiger partial charge is 0.311 e. The number of nitrogens with zero attached hydrogens (tertiary/aromatic N) is 2. The van der Waals surface area contributed by atoms with Crippen molar-refractivity contribution in [3.63, 3.8) is 0 Å². The predicted octanol–water partition coefficient (Wildman–Crippen LogP) is 2.93. The Kier molecular flexibility index (Phi) is 5.23. The smallest absolute Gasteiger partial charge is 0.239 e. The van der Waals surface area contributed by atoms with Crippen LogP contribution in [0.4, 0.5) is 5.69 Å². The maximum atomic E-state index is 12.5. The number of carbonyl (C=O) groups excluding carboxylic acids is 1. The molecule has 1 aliphatic rings. The van der Waals surface area contributed by atoms with E-state index in [0.29, 0.717) is 12.3 Å². The third kappa shape index (κ3) is 3.87. The summed E-state index contributed by atoms with van der Waals surface area (Å²) in [7, 11) is -1.22. The van der Waals surface area contributed by atoms with E-state index < -0.39 is 10.8 Å². The van der Waals surface area contributed by atoms with Gasteiger partial charge in [-0.25, -0.2) is 4.98 Å². The Morgan fingerprint density at radius 2 is 2.22 bits per heavy atom. The topological polar surface area (TPSA) is 50.3 Å². The van der Waals surface area contributed by atoms with E-state index >= 15 is 0 Å². The van der Waals surface area contributed by atoms with Crippen molar-refractivity contribution in [3.8, 4) is 0 Å². The van der Waals surface area contributed by atoms with Gasteiger partial charge in [-0.1, -0.05) is 25.1 Å². The number of hydrogen-bond donors (Lipinski definition) is 0. The van der Waals surface area contributed by atoms with Crippen molar-refractivity contribution in [1.82, 2.24) is 4.98 Å². The molecule has 0 radical (unpaired) electrons. The average Bonchev–Trinajstić information content (AvgIpc) is 3.01. The van der Waals surface area contributed by atoms with Crippen molar-refractivity contribution in [2.24, 2.45) is 0 Å². The van der Waals surface area contributed by atoms with Crippen LogP contribution in [0.5, 0.6) is 0 Å². The van der Waals surface area contributed by atoms with E-state index in [0.717, 1.165) is 35.7 Å². The fourth-order valence-electron chi connectivity index (χ4n) is 2.80. The zero-order valence-electron chi connectivity index (χ0n) is 13.2.